The Morgan fingerprint density at radius 3 is 3.00 bits per heavy atom. The van der Waals surface area contributed by atoms with Crippen LogP contribution in [0.25, 0.3) is 10.2 Å². The van der Waals surface area contributed by atoms with E-state index in [1.807, 2.05) is 5.51 Å². The Morgan fingerprint density at radius 2 is 2.13 bits per heavy atom. The Morgan fingerprint density at radius 1 is 1.27 bits per heavy atom. The van der Waals surface area contributed by atoms with Crippen LogP contribution in [0, 0.1) is 0 Å². The molecule has 1 aliphatic heterocycles. The van der Waals surface area contributed by atoms with Crippen molar-refractivity contribution in [3.8, 4) is 0 Å². The number of nitrogens with zero attached hydrogens (tertiary/aromatic N) is 1. The molecule has 1 saturated heterocycles. The predicted octanol–water partition coefficient (Wildman–Crippen LogP) is 2.76. The van der Waals surface area contributed by atoms with Crippen LogP contribution in [-0.2, 0) is 0 Å². The highest BCUT2D eigenvalue weighted by Crippen LogP contribution is 2.32. The summed E-state index contributed by atoms with van der Waals surface area (Å²) in [5, 5.41) is 3.41. The fourth-order valence-corrected chi connectivity index (χ4v) is 3.25. The molecule has 3 rings (SSSR count). The lowest BCUT2D eigenvalue weighted by atomic mass is 9.90. The molecular weight excluding hydrogens is 204 g/mol. The average Bonchev–Trinajstić information content (AvgIpc) is 2.78. The monoisotopic (exact) mass is 218 g/mol. The molecule has 0 spiro atoms. The second-order valence-electron chi connectivity index (χ2n) is 4.07. The van der Waals surface area contributed by atoms with Crippen molar-refractivity contribution in [3.63, 3.8) is 0 Å². The van der Waals surface area contributed by atoms with Crippen molar-refractivity contribution >= 4 is 21.6 Å². The van der Waals surface area contributed by atoms with Crippen molar-refractivity contribution in [3.05, 3.63) is 29.3 Å². The van der Waals surface area contributed by atoms with E-state index in [-0.39, 0.29) is 0 Å². The Hall–Kier alpha value is -0.930. The van der Waals surface area contributed by atoms with Crippen LogP contribution < -0.4 is 5.32 Å². The van der Waals surface area contributed by atoms with Crippen LogP contribution in [0.2, 0.25) is 0 Å². The first-order valence-corrected chi connectivity index (χ1v) is 6.36. The fourth-order valence-electron chi connectivity index (χ4n) is 2.36. The third-order valence-electron chi connectivity index (χ3n) is 3.17. The number of rotatable bonds is 1. The van der Waals surface area contributed by atoms with E-state index in [1.54, 1.807) is 11.3 Å². The van der Waals surface area contributed by atoms with Crippen molar-refractivity contribution in [2.75, 3.05) is 13.1 Å². The number of nitrogens with one attached hydrogen (secondary N) is 1. The van der Waals surface area contributed by atoms with Gasteiger partial charge in [-0.3, -0.25) is 0 Å². The highest BCUT2D eigenvalue weighted by Gasteiger charge is 2.17. The summed E-state index contributed by atoms with van der Waals surface area (Å²) >= 11 is 1.78. The summed E-state index contributed by atoms with van der Waals surface area (Å²) in [6, 6.07) is 6.52. The number of aromatic nitrogens is 1. The Balaban J connectivity index is 2.05. The molecule has 2 nitrogen and oxygen atoms in total. The summed E-state index contributed by atoms with van der Waals surface area (Å²) in [6.07, 6.45) is 2.52. The third-order valence-corrected chi connectivity index (χ3v) is 4.06. The van der Waals surface area contributed by atoms with Gasteiger partial charge in [-0.05, 0) is 43.5 Å². The summed E-state index contributed by atoms with van der Waals surface area (Å²) < 4.78 is 1.39. The smallest absolute Gasteiger partial charge is 0.0814 e. The van der Waals surface area contributed by atoms with Gasteiger partial charge in [0.15, 0.2) is 0 Å². The van der Waals surface area contributed by atoms with Crippen LogP contribution in [0.4, 0.5) is 0 Å². The molecule has 78 valence electrons. The van der Waals surface area contributed by atoms with Crippen molar-refractivity contribution in [1.29, 1.82) is 0 Å². The van der Waals surface area contributed by atoms with Gasteiger partial charge in [-0.15, -0.1) is 11.3 Å². The van der Waals surface area contributed by atoms with Gasteiger partial charge in [-0.25, -0.2) is 4.98 Å². The van der Waals surface area contributed by atoms with Crippen molar-refractivity contribution in [1.82, 2.24) is 10.3 Å². The molecule has 2 heterocycles. The van der Waals surface area contributed by atoms with Gasteiger partial charge in [0.05, 0.1) is 15.7 Å². The molecule has 1 aromatic carbocycles. The Labute approximate surface area is 93.3 Å². The van der Waals surface area contributed by atoms with Gasteiger partial charge in [-0.1, -0.05) is 12.1 Å². The first-order chi connectivity index (χ1) is 7.45. The summed E-state index contributed by atoms with van der Waals surface area (Å²) in [5.74, 6) is 0.732. The van der Waals surface area contributed by atoms with Gasteiger partial charge in [0.2, 0.25) is 0 Å². The first kappa shape index (κ1) is 9.31. The van der Waals surface area contributed by atoms with E-state index in [0.717, 1.165) is 24.5 Å². The quantitative estimate of drug-likeness (QED) is 0.796. The number of fused-ring (bicyclic) bond motifs is 1. The van der Waals surface area contributed by atoms with Gasteiger partial charge in [0.1, 0.15) is 0 Å². The van der Waals surface area contributed by atoms with E-state index in [1.165, 1.54) is 23.1 Å². The Bertz CT molecular complexity index is 457. The summed E-state index contributed by atoms with van der Waals surface area (Å²) in [7, 11) is 0. The molecular formula is C12H14N2S. The molecule has 0 aliphatic carbocycles. The maximum Gasteiger partial charge on any atom is 0.0814 e. The van der Waals surface area contributed by atoms with Gasteiger partial charge < -0.3 is 5.32 Å². The third kappa shape index (κ3) is 1.66. The molecule has 15 heavy (non-hydrogen) atoms. The van der Waals surface area contributed by atoms with E-state index in [9.17, 15) is 0 Å². The summed E-state index contributed by atoms with van der Waals surface area (Å²) in [4.78, 5) is 4.38. The van der Waals surface area contributed by atoms with Crippen LogP contribution in [-0.4, -0.2) is 18.1 Å². The highest BCUT2D eigenvalue weighted by molar-refractivity contribution is 7.16. The van der Waals surface area contributed by atoms with Crippen LogP contribution in [0.5, 0.6) is 0 Å². The highest BCUT2D eigenvalue weighted by atomic mass is 32.1. The molecule has 0 radical (unpaired) electrons. The van der Waals surface area contributed by atoms with E-state index >= 15 is 0 Å². The normalized spacial score (nSPS) is 18.4. The van der Waals surface area contributed by atoms with Crippen molar-refractivity contribution < 1.29 is 0 Å². The molecule has 0 atom stereocenters. The minimum atomic E-state index is 0.732. The summed E-state index contributed by atoms with van der Waals surface area (Å²) in [6.45, 7) is 2.31. The minimum absolute atomic E-state index is 0.732. The number of hydrogen-bond donors (Lipinski definition) is 1. The fraction of sp³-hybridized carbons (Fsp3) is 0.417. The molecule has 1 N–H and O–H groups in total. The second kappa shape index (κ2) is 3.91. The molecule has 0 bridgehead atoms. The van der Waals surface area contributed by atoms with E-state index in [0.29, 0.717) is 0 Å². The van der Waals surface area contributed by atoms with Crippen molar-refractivity contribution in [2.24, 2.45) is 0 Å². The summed E-state index contributed by atoms with van der Waals surface area (Å²) in [5.41, 5.74) is 4.63. The van der Waals surface area contributed by atoms with Gasteiger partial charge in [0, 0.05) is 0 Å². The number of hydrogen-bond acceptors (Lipinski definition) is 3. The molecule has 0 saturated carbocycles. The number of benzene rings is 1. The zero-order valence-electron chi connectivity index (χ0n) is 8.57. The average molecular weight is 218 g/mol. The lowest BCUT2D eigenvalue weighted by molar-refractivity contribution is 0.462. The largest absolute Gasteiger partial charge is 0.317 e. The van der Waals surface area contributed by atoms with Crippen LogP contribution in [0.15, 0.2) is 23.7 Å². The molecule has 0 unspecified atom stereocenters. The molecule has 2 aromatic rings. The molecule has 1 fully saturated rings. The maximum atomic E-state index is 4.38. The molecule has 1 aromatic heterocycles. The van der Waals surface area contributed by atoms with Crippen LogP contribution in [0.3, 0.4) is 0 Å². The Kier molecular flexibility index (Phi) is 2.43. The van der Waals surface area contributed by atoms with Crippen LogP contribution >= 0.6 is 11.3 Å². The van der Waals surface area contributed by atoms with Gasteiger partial charge in [-0.2, -0.15) is 0 Å². The van der Waals surface area contributed by atoms with Gasteiger partial charge in [0.25, 0.3) is 0 Å². The lowest BCUT2D eigenvalue weighted by Crippen LogP contribution is -2.26. The zero-order valence-corrected chi connectivity index (χ0v) is 9.39. The first-order valence-electron chi connectivity index (χ1n) is 5.48. The standard InChI is InChI=1S/C12H14N2S/c1-2-10(9-4-6-13-7-5-9)12-11(3-1)14-8-15-12/h1-3,8-9,13H,4-7H2. The predicted molar refractivity (Wildman–Crippen MR) is 64.5 cm³/mol. The molecule has 0 amide bonds. The van der Waals surface area contributed by atoms with Crippen molar-refractivity contribution in [2.45, 2.75) is 18.8 Å². The SMILES string of the molecule is c1cc(C2CCNCC2)c2scnc2c1. The van der Waals surface area contributed by atoms with Gasteiger partial charge >= 0.3 is 0 Å². The lowest BCUT2D eigenvalue weighted by Gasteiger charge is -2.23. The topological polar surface area (TPSA) is 24.9 Å². The van der Waals surface area contributed by atoms with Crippen LogP contribution in [0.1, 0.15) is 24.3 Å². The number of thiazole rings is 1. The van der Waals surface area contributed by atoms with E-state index in [4.69, 9.17) is 0 Å². The minimum Gasteiger partial charge on any atom is -0.317 e. The number of piperidine rings is 1. The molecule has 3 heteroatoms. The van der Waals surface area contributed by atoms with E-state index in [2.05, 4.69) is 28.5 Å². The zero-order chi connectivity index (χ0) is 10.1. The molecule has 1 aliphatic rings. The van der Waals surface area contributed by atoms with E-state index < -0.39 is 0 Å². The second-order valence-corrected chi connectivity index (χ2v) is 4.93. The maximum absolute atomic E-state index is 4.38.